The third-order valence-electron chi connectivity index (χ3n) is 3.36. The summed E-state index contributed by atoms with van der Waals surface area (Å²) < 4.78 is 0. The maximum absolute atomic E-state index is 12.0. The Morgan fingerprint density at radius 1 is 1.39 bits per heavy atom. The van der Waals surface area contributed by atoms with Crippen molar-refractivity contribution in [3.05, 3.63) is 34.9 Å². The zero-order valence-electron chi connectivity index (χ0n) is 10.5. The second-order valence-corrected chi connectivity index (χ2v) is 5.55. The second kappa shape index (κ2) is 5.83. The smallest absolute Gasteiger partial charge is 0.176 e. The van der Waals surface area contributed by atoms with Crippen LogP contribution in [-0.4, -0.2) is 42.0 Å². The Hall–Kier alpha value is -0.900. The molecule has 0 heterocycles. The molecule has 0 atom stereocenters. The monoisotopic (exact) mass is 267 g/mol. The van der Waals surface area contributed by atoms with Crippen molar-refractivity contribution in [1.29, 1.82) is 0 Å². The van der Waals surface area contributed by atoms with Crippen molar-refractivity contribution >= 4 is 17.4 Å². The number of ketones is 1. The van der Waals surface area contributed by atoms with Crippen molar-refractivity contribution in [2.24, 2.45) is 5.92 Å². The van der Waals surface area contributed by atoms with Gasteiger partial charge in [0, 0.05) is 17.1 Å². The minimum absolute atomic E-state index is 0.106. The molecule has 1 aliphatic carbocycles. The molecular weight excluding hydrogens is 250 g/mol. The summed E-state index contributed by atoms with van der Waals surface area (Å²) in [5, 5.41) is 9.86. The van der Waals surface area contributed by atoms with Gasteiger partial charge in [-0.25, -0.2) is 0 Å². The molecule has 0 unspecified atom stereocenters. The summed E-state index contributed by atoms with van der Waals surface area (Å²) in [6, 6.07) is 6.98. The molecule has 1 saturated carbocycles. The number of hydrogen-bond acceptors (Lipinski definition) is 3. The quantitative estimate of drug-likeness (QED) is 0.832. The van der Waals surface area contributed by atoms with Crippen LogP contribution in [0.5, 0.6) is 0 Å². The third-order valence-corrected chi connectivity index (χ3v) is 3.61. The highest BCUT2D eigenvalue weighted by molar-refractivity contribution is 6.30. The van der Waals surface area contributed by atoms with Crippen molar-refractivity contribution in [3.63, 3.8) is 0 Å². The van der Waals surface area contributed by atoms with Gasteiger partial charge in [0.2, 0.25) is 0 Å². The Balaban J connectivity index is 1.81. The number of Topliss-reactive ketones (excluding diaryl/α,β-unsaturated/α-hetero) is 1. The first-order valence-electron chi connectivity index (χ1n) is 6.20. The molecule has 1 aromatic carbocycles. The van der Waals surface area contributed by atoms with Crippen LogP contribution >= 0.6 is 11.6 Å². The lowest BCUT2D eigenvalue weighted by Gasteiger charge is -2.34. The van der Waals surface area contributed by atoms with Gasteiger partial charge in [-0.05, 0) is 50.1 Å². The lowest BCUT2D eigenvalue weighted by atomic mass is 9.82. The highest BCUT2D eigenvalue weighted by Crippen LogP contribution is 2.27. The fourth-order valence-corrected chi connectivity index (χ4v) is 2.45. The summed E-state index contributed by atoms with van der Waals surface area (Å²) >= 11 is 5.79. The van der Waals surface area contributed by atoms with Gasteiger partial charge in [0.05, 0.1) is 12.6 Å². The number of carbonyl (C=O) groups is 1. The van der Waals surface area contributed by atoms with E-state index in [0.717, 1.165) is 19.4 Å². The van der Waals surface area contributed by atoms with Crippen molar-refractivity contribution in [1.82, 2.24) is 4.90 Å². The molecule has 0 spiro atoms. The topological polar surface area (TPSA) is 40.5 Å². The van der Waals surface area contributed by atoms with E-state index in [1.54, 1.807) is 24.3 Å². The number of nitrogens with zero attached hydrogens (tertiary/aromatic N) is 1. The number of hydrogen-bond donors (Lipinski definition) is 1. The third kappa shape index (κ3) is 3.55. The van der Waals surface area contributed by atoms with Crippen LogP contribution in [0.15, 0.2) is 24.3 Å². The van der Waals surface area contributed by atoms with Crippen LogP contribution in [-0.2, 0) is 0 Å². The summed E-state index contributed by atoms with van der Waals surface area (Å²) in [5.74, 6) is 0.636. The maximum atomic E-state index is 12.0. The first-order chi connectivity index (χ1) is 8.54. The van der Waals surface area contributed by atoms with Gasteiger partial charge in [0.1, 0.15) is 0 Å². The highest BCUT2D eigenvalue weighted by Gasteiger charge is 2.28. The van der Waals surface area contributed by atoms with Gasteiger partial charge >= 0.3 is 0 Å². The lowest BCUT2D eigenvalue weighted by molar-refractivity contribution is 0.0286. The van der Waals surface area contributed by atoms with E-state index in [4.69, 9.17) is 11.6 Å². The Morgan fingerprint density at radius 2 is 2.00 bits per heavy atom. The summed E-state index contributed by atoms with van der Waals surface area (Å²) in [6.07, 6.45) is 1.59. The van der Waals surface area contributed by atoms with Crippen LogP contribution in [0.25, 0.3) is 0 Å². The Kier molecular flexibility index (Phi) is 4.38. The number of aliphatic hydroxyl groups is 1. The zero-order valence-corrected chi connectivity index (χ0v) is 11.2. The van der Waals surface area contributed by atoms with Crippen LogP contribution in [0.1, 0.15) is 23.2 Å². The van der Waals surface area contributed by atoms with Gasteiger partial charge in [0.15, 0.2) is 5.78 Å². The minimum atomic E-state index is -0.129. The fraction of sp³-hybridized carbons (Fsp3) is 0.500. The molecule has 2 rings (SSSR count). The van der Waals surface area contributed by atoms with Crippen LogP contribution in [0.4, 0.5) is 0 Å². The molecule has 3 nitrogen and oxygen atoms in total. The molecule has 0 aliphatic heterocycles. The van der Waals surface area contributed by atoms with Crippen molar-refractivity contribution in [2.75, 3.05) is 20.1 Å². The maximum Gasteiger partial charge on any atom is 0.176 e. The number of likely N-dealkylation sites (N-methyl/N-ethyl adjacent to an activating group) is 1. The van der Waals surface area contributed by atoms with Crippen LogP contribution in [0, 0.1) is 5.92 Å². The predicted octanol–water partition coefficient (Wildman–Crippen LogP) is 2.23. The van der Waals surface area contributed by atoms with E-state index in [1.165, 1.54) is 0 Å². The Labute approximate surface area is 112 Å². The summed E-state index contributed by atoms with van der Waals surface area (Å²) in [4.78, 5) is 14.0. The van der Waals surface area contributed by atoms with E-state index in [0.29, 0.717) is 23.0 Å². The molecule has 1 N–H and O–H groups in total. The number of aliphatic hydroxyl groups excluding tert-OH is 1. The average Bonchev–Trinajstić information content (AvgIpc) is 2.27. The number of carbonyl (C=O) groups excluding carboxylic acids is 1. The van der Waals surface area contributed by atoms with Gasteiger partial charge in [-0.2, -0.15) is 0 Å². The molecular formula is C14H18ClNO2. The van der Waals surface area contributed by atoms with E-state index < -0.39 is 0 Å². The molecule has 0 amide bonds. The zero-order chi connectivity index (χ0) is 13.1. The summed E-state index contributed by atoms with van der Waals surface area (Å²) in [7, 11) is 1.94. The molecule has 1 fully saturated rings. The molecule has 0 aromatic heterocycles. The van der Waals surface area contributed by atoms with Gasteiger partial charge in [-0.15, -0.1) is 0 Å². The van der Waals surface area contributed by atoms with Crippen LogP contribution < -0.4 is 0 Å². The fourth-order valence-electron chi connectivity index (χ4n) is 2.33. The highest BCUT2D eigenvalue weighted by atomic mass is 35.5. The van der Waals surface area contributed by atoms with E-state index in [-0.39, 0.29) is 11.9 Å². The van der Waals surface area contributed by atoms with E-state index in [9.17, 15) is 9.90 Å². The van der Waals surface area contributed by atoms with Gasteiger partial charge in [-0.3, -0.25) is 9.69 Å². The molecule has 4 heteroatoms. The molecule has 98 valence electrons. The summed E-state index contributed by atoms with van der Waals surface area (Å²) in [5.41, 5.74) is 0.694. The first-order valence-corrected chi connectivity index (χ1v) is 6.58. The average molecular weight is 268 g/mol. The standard InChI is InChI=1S/C14H18ClNO2/c1-16(8-10-6-13(17)7-10)9-14(18)11-2-4-12(15)5-3-11/h2-5,10,13,17H,6-9H2,1H3. The molecule has 1 aromatic rings. The Morgan fingerprint density at radius 3 is 2.56 bits per heavy atom. The van der Waals surface area contributed by atoms with E-state index in [1.807, 2.05) is 11.9 Å². The second-order valence-electron chi connectivity index (χ2n) is 5.12. The normalized spacial score (nSPS) is 22.9. The summed E-state index contributed by atoms with van der Waals surface area (Å²) in [6.45, 7) is 1.28. The molecule has 0 radical (unpaired) electrons. The van der Waals surface area contributed by atoms with Gasteiger partial charge < -0.3 is 5.11 Å². The van der Waals surface area contributed by atoms with Gasteiger partial charge in [-0.1, -0.05) is 11.6 Å². The first kappa shape index (κ1) is 13.5. The molecule has 0 bridgehead atoms. The van der Waals surface area contributed by atoms with Crippen molar-refractivity contribution in [3.8, 4) is 0 Å². The van der Waals surface area contributed by atoms with Crippen molar-refractivity contribution in [2.45, 2.75) is 18.9 Å². The van der Waals surface area contributed by atoms with Crippen LogP contribution in [0.3, 0.4) is 0 Å². The number of halogens is 1. The molecule has 18 heavy (non-hydrogen) atoms. The molecule has 0 saturated heterocycles. The van der Waals surface area contributed by atoms with Crippen LogP contribution in [0.2, 0.25) is 5.02 Å². The minimum Gasteiger partial charge on any atom is -0.393 e. The molecule has 1 aliphatic rings. The largest absolute Gasteiger partial charge is 0.393 e. The lowest BCUT2D eigenvalue weighted by Crippen LogP contribution is -2.38. The SMILES string of the molecule is CN(CC(=O)c1ccc(Cl)cc1)CC1CC(O)C1. The number of benzene rings is 1. The Bertz CT molecular complexity index is 412. The van der Waals surface area contributed by atoms with E-state index in [2.05, 4.69) is 0 Å². The van der Waals surface area contributed by atoms with Gasteiger partial charge in [0.25, 0.3) is 0 Å². The number of rotatable bonds is 5. The van der Waals surface area contributed by atoms with Crippen molar-refractivity contribution < 1.29 is 9.90 Å². The predicted molar refractivity (Wildman–Crippen MR) is 72.0 cm³/mol. The van der Waals surface area contributed by atoms with E-state index >= 15 is 0 Å².